The van der Waals surface area contributed by atoms with Gasteiger partial charge in [0.05, 0.1) is 23.9 Å². The Labute approximate surface area is 172 Å². The molecule has 3 aromatic rings. The topological polar surface area (TPSA) is 79.1 Å². The molecule has 0 aliphatic carbocycles. The van der Waals surface area contributed by atoms with Crippen molar-refractivity contribution in [2.75, 3.05) is 20.3 Å². The van der Waals surface area contributed by atoms with Crippen LogP contribution in [0.3, 0.4) is 0 Å². The molecule has 0 saturated carbocycles. The fraction of sp³-hybridized carbons (Fsp3) is 0.286. The van der Waals surface area contributed by atoms with E-state index >= 15 is 0 Å². The van der Waals surface area contributed by atoms with Gasteiger partial charge in [-0.05, 0) is 43.7 Å². The summed E-state index contributed by atoms with van der Waals surface area (Å²) in [7, 11) is 1.58. The number of hydrogen-bond donors (Lipinski definition) is 0. The van der Waals surface area contributed by atoms with E-state index in [9.17, 15) is 9.59 Å². The molecule has 1 heterocycles. The number of carbonyl (C=O) groups is 2. The van der Waals surface area contributed by atoms with E-state index in [2.05, 4.69) is 4.99 Å². The molecular weight excluding hydrogens is 392 g/mol. The van der Waals surface area contributed by atoms with Crippen LogP contribution in [0.15, 0.2) is 47.5 Å². The summed E-state index contributed by atoms with van der Waals surface area (Å²) in [6.07, 6.45) is 0. The Bertz CT molecular complexity index is 1100. The molecule has 7 nitrogen and oxygen atoms in total. The Morgan fingerprint density at radius 3 is 2.69 bits per heavy atom. The van der Waals surface area contributed by atoms with Crippen molar-refractivity contribution >= 4 is 33.4 Å². The number of carbonyl (C=O) groups excluding carboxylic acids is 2. The molecule has 29 heavy (non-hydrogen) atoms. The summed E-state index contributed by atoms with van der Waals surface area (Å²) in [6, 6.07) is 12.9. The number of para-hydroxylation sites is 1. The fourth-order valence-corrected chi connectivity index (χ4v) is 3.83. The van der Waals surface area contributed by atoms with E-state index in [0.717, 1.165) is 15.8 Å². The lowest BCUT2D eigenvalue weighted by Gasteiger charge is -2.07. The van der Waals surface area contributed by atoms with Gasteiger partial charge in [0.2, 0.25) is 0 Å². The van der Waals surface area contributed by atoms with Crippen LogP contribution in [0.4, 0.5) is 0 Å². The number of nitrogens with zero attached hydrogens (tertiary/aromatic N) is 2. The van der Waals surface area contributed by atoms with Gasteiger partial charge >= 0.3 is 5.97 Å². The van der Waals surface area contributed by atoms with Crippen LogP contribution in [0.25, 0.3) is 10.2 Å². The predicted octanol–water partition coefficient (Wildman–Crippen LogP) is 3.09. The van der Waals surface area contributed by atoms with E-state index in [1.165, 1.54) is 11.3 Å². The molecule has 8 heteroatoms. The minimum atomic E-state index is -0.440. The first-order valence-electron chi connectivity index (χ1n) is 9.10. The molecule has 0 fully saturated rings. The molecule has 0 unspecified atom stereocenters. The summed E-state index contributed by atoms with van der Waals surface area (Å²) in [4.78, 5) is 29.1. The molecule has 1 aromatic heterocycles. The number of benzene rings is 2. The van der Waals surface area contributed by atoms with Gasteiger partial charge in [-0.15, -0.1) is 0 Å². The van der Waals surface area contributed by atoms with Gasteiger partial charge in [-0.25, -0.2) is 0 Å². The van der Waals surface area contributed by atoms with Crippen molar-refractivity contribution in [3.8, 4) is 11.5 Å². The summed E-state index contributed by atoms with van der Waals surface area (Å²) in [6.45, 7) is 3.71. The van der Waals surface area contributed by atoms with E-state index in [1.54, 1.807) is 30.7 Å². The maximum absolute atomic E-state index is 12.4. The summed E-state index contributed by atoms with van der Waals surface area (Å²) < 4.78 is 18.4. The molecule has 2 aromatic carbocycles. The normalized spacial score (nSPS) is 11.5. The largest absolute Gasteiger partial charge is 0.497 e. The first-order valence-corrected chi connectivity index (χ1v) is 9.92. The Balaban J connectivity index is 1.92. The maximum atomic E-state index is 12.4. The maximum Gasteiger partial charge on any atom is 0.326 e. The number of amides is 1. The molecule has 0 spiro atoms. The van der Waals surface area contributed by atoms with Gasteiger partial charge in [-0.2, -0.15) is 4.99 Å². The highest BCUT2D eigenvalue weighted by Gasteiger charge is 2.13. The minimum absolute atomic E-state index is 0.0368. The summed E-state index contributed by atoms with van der Waals surface area (Å²) in [5, 5.41) is 0. The average Bonchev–Trinajstić information content (AvgIpc) is 3.03. The second kappa shape index (κ2) is 9.38. The molecule has 0 radical (unpaired) electrons. The van der Waals surface area contributed by atoms with Gasteiger partial charge in [-0.3, -0.25) is 9.59 Å². The van der Waals surface area contributed by atoms with Crippen molar-refractivity contribution < 1.29 is 23.8 Å². The molecule has 0 aliphatic rings. The molecule has 152 valence electrons. The highest BCUT2D eigenvalue weighted by molar-refractivity contribution is 7.16. The molecule has 1 amide bonds. The van der Waals surface area contributed by atoms with Crippen molar-refractivity contribution in [2.24, 2.45) is 4.99 Å². The van der Waals surface area contributed by atoms with Crippen LogP contribution in [0.5, 0.6) is 11.5 Å². The van der Waals surface area contributed by atoms with Crippen molar-refractivity contribution in [1.29, 1.82) is 0 Å². The number of ether oxygens (including phenoxy) is 3. The molecule has 0 N–H and O–H groups in total. The number of hydrogen-bond acceptors (Lipinski definition) is 6. The Morgan fingerprint density at radius 2 is 1.97 bits per heavy atom. The van der Waals surface area contributed by atoms with Crippen LogP contribution in [0.2, 0.25) is 0 Å². The lowest BCUT2D eigenvalue weighted by atomic mass is 10.2. The molecule has 0 saturated heterocycles. The van der Waals surface area contributed by atoms with Crippen molar-refractivity contribution in [3.63, 3.8) is 0 Å². The summed E-state index contributed by atoms with van der Waals surface area (Å²) in [5.41, 5.74) is 1.71. The van der Waals surface area contributed by atoms with Crippen LogP contribution in [-0.2, 0) is 20.9 Å². The number of aromatic nitrogens is 1. The zero-order valence-electron chi connectivity index (χ0n) is 16.5. The highest BCUT2D eigenvalue weighted by atomic mass is 32.1. The number of esters is 1. The summed E-state index contributed by atoms with van der Waals surface area (Å²) in [5.74, 6) is 0.483. The van der Waals surface area contributed by atoms with Gasteiger partial charge in [-0.1, -0.05) is 29.5 Å². The quantitative estimate of drug-likeness (QED) is 0.555. The molecule has 0 aliphatic heterocycles. The van der Waals surface area contributed by atoms with E-state index in [0.29, 0.717) is 16.3 Å². The Kier molecular flexibility index (Phi) is 6.66. The van der Waals surface area contributed by atoms with Gasteiger partial charge in [0.15, 0.2) is 11.4 Å². The standard InChI is InChI=1S/C21H22N2O5S/c1-4-27-20(25)12-23-16-10-9-15(26-3)11-18(16)29-21(23)22-19(24)13-28-17-8-6-5-7-14(17)2/h5-11H,4,12-13H2,1-3H3. The lowest BCUT2D eigenvalue weighted by Crippen LogP contribution is -2.24. The second-order valence-corrected chi connectivity index (χ2v) is 7.18. The number of aryl methyl sites for hydroxylation is 1. The molecule has 0 atom stereocenters. The minimum Gasteiger partial charge on any atom is -0.497 e. The number of fused-ring (bicyclic) bond motifs is 1. The third-order valence-corrected chi connectivity index (χ3v) is 5.19. The third kappa shape index (κ3) is 5.03. The van der Waals surface area contributed by atoms with Crippen LogP contribution in [0.1, 0.15) is 12.5 Å². The van der Waals surface area contributed by atoms with Gasteiger partial charge < -0.3 is 18.8 Å². The van der Waals surface area contributed by atoms with Gasteiger partial charge in [0.1, 0.15) is 18.0 Å². The van der Waals surface area contributed by atoms with Crippen LogP contribution in [0, 0.1) is 6.92 Å². The van der Waals surface area contributed by atoms with Gasteiger partial charge in [0.25, 0.3) is 5.91 Å². The smallest absolute Gasteiger partial charge is 0.326 e. The third-order valence-electron chi connectivity index (χ3n) is 4.15. The van der Waals surface area contributed by atoms with E-state index in [1.807, 2.05) is 37.3 Å². The van der Waals surface area contributed by atoms with E-state index in [-0.39, 0.29) is 19.8 Å². The van der Waals surface area contributed by atoms with E-state index < -0.39 is 11.9 Å². The van der Waals surface area contributed by atoms with Crippen LogP contribution in [-0.4, -0.2) is 36.8 Å². The zero-order valence-corrected chi connectivity index (χ0v) is 17.3. The number of methoxy groups -OCH3 is 1. The lowest BCUT2D eigenvalue weighted by molar-refractivity contribution is -0.143. The first kappa shape index (κ1) is 20.6. The fourth-order valence-electron chi connectivity index (χ4n) is 2.75. The zero-order chi connectivity index (χ0) is 20.8. The molecule has 3 rings (SSSR count). The van der Waals surface area contributed by atoms with Crippen molar-refractivity contribution in [3.05, 3.63) is 52.8 Å². The van der Waals surface area contributed by atoms with Crippen LogP contribution >= 0.6 is 11.3 Å². The first-order chi connectivity index (χ1) is 14.0. The van der Waals surface area contributed by atoms with E-state index in [4.69, 9.17) is 14.2 Å². The molecular formula is C21H22N2O5S. The van der Waals surface area contributed by atoms with Gasteiger partial charge in [0, 0.05) is 0 Å². The van der Waals surface area contributed by atoms with Crippen molar-refractivity contribution in [1.82, 2.24) is 4.57 Å². The Hall–Kier alpha value is -3.13. The number of rotatable bonds is 7. The molecule has 0 bridgehead atoms. The average molecular weight is 414 g/mol. The SMILES string of the molecule is CCOC(=O)Cn1c(=NC(=O)COc2ccccc2C)sc2cc(OC)ccc21. The van der Waals surface area contributed by atoms with Crippen LogP contribution < -0.4 is 14.3 Å². The highest BCUT2D eigenvalue weighted by Crippen LogP contribution is 2.23. The monoisotopic (exact) mass is 414 g/mol. The number of thiazole rings is 1. The Morgan fingerprint density at radius 1 is 1.17 bits per heavy atom. The predicted molar refractivity (Wildman–Crippen MR) is 110 cm³/mol. The second-order valence-electron chi connectivity index (χ2n) is 6.17. The van der Waals surface area contributed by atoms with Crippen molar-refractivity contribution in [2.45, 2.75) is 20.4 Å². The summed E-state index contributed by atoms with van der Waals surface area (Å²) >= 11 is 1.30.